The fraction of sp³-hybridized carbons (Fsp3) is 0.706. The van der Waals surface area contributed by atoms with Crippen molar-refractivity contribution in [2.75, 3.05) is 0 Å². The van der Waals surface area contributed by atoms with Gasteiger partial charge in [-0.2, -0.15) is 0 Å². The highest BCUT2D eigenvalue weighted by molar-refractivity contribution is 7.15. The molecular weight excluding hydrogens is 264 g/mol. The van der Waals surface area contributed by atoms with Crippen molar-refractivity contribution in [3.63, 3.8) is 0 Å². The van der Waals surface area contributed by atoms with Crippen LogP contribution >= 0.6 is 11.3 Å². The topological polar surface area (TPSA) is 17.3 Å². The average Bonchev–Trinajstić information content (AvgIpc) is 3.09. The zero-order chi connectivity index (χ0) is 13.4. The number of hydrogen-bond donors (Lipinski definition) is 0. The van der Waals surface area contributed by atoms with Crippen molar-refractivity contribution in [1.82, 2.24) is 9.38 Å². The summed E-state index contributed by atoms with van der Waals surface area (Å²) in [6.45, 7) is 0. The van der Waals surface area contributed by atoms with Crippen LogP contribution in [0.15, 0.2) is 11.6 Å². The molecule has 2 aromatic heterocycles. The molecule has 0 bridgehead atoms. The summed E-state index contributed by atoms with van der Waals surface area (Å²) in [7, 11) is 0. The third-order valence-electron chi connectivity index (χ3n) is 5.30. The van der Waals surface area contributed by atoms with Crippen LogP contribution in [0.3, 0.4) is 0 Å². The zero-order valence-electron chi connectivity index (χ0n) is 12.2. The molecule has 0 radical (unpaired) electrons. The van der Waals surface area contributed by atoms with E-state index in [-0.39, 0.29) is 0 Å². The molecule has 0 atom stereocenters. The monoisotopic (exact) mass is 288 g/mol. The van der Waals surface area contributed by atoms with E-state index in [2.05, 4.69) is 16.0 Å². The Morgan fingerprint density at radius 2 is 1.55 bits per heavy atom. The van der Waals surface area contributed by atoms with E-state index >= 15 is 0 Å². The van der Waals surface area contributed by atoms with Crippen molar-refractivity contribution in [2.24, 2.45) is 0 Å². The van der Waals surface area contributed by atoms with Crippen LogP contribution < -0.4 is 0 Å². The second-order valence-corrected chi connectivity index (χ2v) is 7.49. The van der Waals surface area contributed by atoms with Crippen molar-refractivity contribution >= 4 is 16.3 Å². The zero-order valence-corrected chi connectivity index (χ0v) is 13.0. The molecule has 2 saturated carbocycles. The van der Waals surface area contributed by atoms with Crippen LogP contribution in [-0.4, -0.2) is 9.38 Å². The quantitative estimate of drug-likeness (QED) is 0.714. The summed E-state index contributed by atoms with van der Waals surface area (Å²) in [5.41, 5.74) is 2.91. The van der Waals surface area contributed by atoms with E-state index in [1.807, 2.05) is 11.3 Å². The van der Waals surface area contributed by atoms with Crippen LogP contribution in [0.4, 0.5) is 0 Å². The first-order chi connectivity index (χ1) is 9.92. The van der Waals surface area contributed by atoms with Gasteiger partial charge in [-0.3, -0.25) is 4.40 Å². The van der Waals surface area contributed by atoms with E-state index < -0.39 is 0 Å². The molecule has 108 valence electrons. The fourth-order valence-corrected chi connectivity index (χ4v) is 5.07. The highest BCUT2D eigenvalue weighted by Gasteiger charge is 2.23. The van der Waals surface area contributed by atoms with Gasteiger partial charge in [-0.15, -0.1) is 11.3 Å². The van der Waals surface area contributed by atoms with Gasteiger partial charge in [0.25, 0.3) is 0 Å². The van der Waals surface area contributed by atoms with Crippen molar-refractivity contribution in [3.05, 3.63) is 23.0 Å². The van der Waals surface area contributed by atoms with Crippen molar-refractivity contribution in [2.45, 2.75) is 76.0 Å². The van der Waals surface area contributed by atoms with Crippen LogP contribution in [0.25, 0.3) is 4.96 Å². The third-order valence-corrected chi connectivity index (χ3v) is 6.16. The van der Waals surface area contributed by atoms with Gasteiger partial charge in [0.2, 0.25) is 0 Å². The predicted octanol–water partition coefficient (Wildman–Crippen LogP) is 5.49. The standard InChI is InChI=1S/C17H24N2S/c1-3-7-13(8-4-1)15-11-19-16(12-20-17(19)18-15)14-9-5-2-6-10-14/h11-14H,1-10H2. The Morgan fingerprint density at radius 3 is 2.25 bits per heavy atom. The van der Waals surface area contributed by atoms with Crippen LogP contribution in [0.5, 0.6) is 0 Å². The largest absolute Gasteiger partial charge is 0.294 e. The molecule has 0 aromatic carbocycles. The summed E-state index contributed by atoms with van der Waals surface area (Å²) in [6.07, 6.45) is 16.3. The van der Waals surface area contributed by atoms with E-state index in [1.54, 1.807) is 5.69 Å². The average molecular weight is 288 g/mol. The molecule has 4 rings (SSSR count). The van der Waals surface area contributed by atoms with Crippen LogP contribution in [0, 0.1) is 0 Å². The van der Waals surface area contributed by atoms with Crippen molar-refractivity contribution < 1.29 is 0 Å². The van der Waals surface area contributed by atoms with Gasteiger partial charge in [0.1, 0.15) is 0 Å². The molecule has 0 spiro atoms. The molecule has 0 amide bonds. The molecule has 2 heterocycles. The first-order valence-electron chi connectivity index (χ1n) is 8.38. The molecule has 0 unspecified atom stereocenters. The number of nitrogens with zero attached hydrogens (tertiary/aromatic N) is 2. The van der Waals surface area contributed by atoms with E-state index in [1.165, 1.54) is 74.9 Å². The van der Waals surface area contributed by atoms with Gasteiger partial charge in [-0.1, -0.05) is 38.5 Å². The number of imidazole rings is 1. The molecule has 0 N–H and O–H groups in total. The van der Waals surface area contributed by atoms with Gasteiger partial charge in [-0.25, -0.2) is 4.98 Å². The predicted molar refractivity (Wildman–Crippen MR) is 84.7 cm³/mol. The minimum atomic E-state index is 0.732. The third kappa shape index (κ3) is 2.30. The Hall–Kier alpha value is -0.830. The molecular formula is C17H24N2S. The van der Waals surface area contributed by atoms with E-state index in [0.29, 0.717) is 0 Å². The summed E-state index contributed by atoms with van der Waals surface area (Å²) >= 11 is 1.84. The highest BCUT2D eigenvalue weighted by atomic mass is 32.1. The summed E-state index contributed by atoms with van der Waals surface area (Å²) in [5.74, 6) is 1.51. The molecule has 3 heteroatoms. The smallest absolute Gasteiger partial charge is 0.194 e. The lowest BCUT2D eigenvalue weighted by atomic mass is 9.87. The number of rotatable bonds is 2. The van der Waals surface area contributed by atoms with Gasteiger partial charge < -0.3 is 0 Å². The van der Waals surface area contributed by atoms with Crippen LogP contribution in [0.1, 0.15) is 87.4 Å². The Balaban J connectivity index is 1.63. The lowest BCUT2D eigenvalue weighted by Crippen LogP contribution is -2.07. The van der Waals surface area contributed by atoms with Gasteiger partial charge in [0.15, 0.2) is 4.96 Å². The fourth-order valence-electron chi connectivity index (χ4n) is 4.10. The minimum Gasteiger partial charge on any atom is -0.294 e. The lowest BCUT2D eigenvalue weighted by Gasteiger charge is -2.21. The molecule has 2 aliphatic carbocycles. The number of thiazole rings is 1. The minimum absolute atomic E-state index is 0.732. The lowest BCUT2D eigenvalue weighted by molar-refractivity contribution is 0.433. The Bertz CT molecular complexity index is 571. The normalized spacial score (nSPS) is 22.6. The summed E-state index contributed by atoms with van der Waals surface area (Å²) < 4.78 is 2.42. The first kappa shape index (κ1) is 12.9. The number of hydrogen-bond acceptors (Lipinski definition) is 2. The van der Waals surface area contributed by atoms with Crippen LogP contribution in [-0.2, 0) is 0 Å². The maximum absolute atomic E-state index is 4.93. The highest BCUT2D eigenvalue weighted by Crippen LogP contribution is 2.37. The van der Waals surface area contributed by atoms with Crippen molar-refractivity contribution in [3.8, 4) is 0 Å². The van der Waals surface area contributed by atoms with Crippen LogP contribution in [0.2, 0.25) is 0 Å². The Morgan fingerprint density at radius 1 is 0.900 bits per heavy atom. The van der Waals surface area contributed by atoms with E-state index in [9.17, 15) is 0 Å². The maximum atomic E-state index is 4.93. The first-order valence-corrected chi connectivity index (χ1v) is 9.26. The Labute approximate surface area is 125 Å². The Kier molecular flexibility index (Phi) is 3.55. The van der Waals surface area contributed by atoms with E-state index in [0.717, 1.165) is 11.8 Å². The van der Waals surface area contributed by atoms with E-state index in [4.69, 9.17) is 4.98 Å². The maximum Gasteiger partial charge on any atom is 0.194 e. The van der Waals surface area contributed by atoms with Gasteiger partial charge >= 0.3 is 0 Å². The van der Waals surface area contributed by atoms with Crippen molar-refractivity contribution in [1.29, 1.82) is 0 Å². The second-order valence-electron chi connectivity index (χ2n) is 6.65. The SMILES string of the molecule is c1sc2nc(C3CCCCC3)cn2c1C1CCCCC1. The molecule has 20 heavy (non-hydrogen) atoms. The van der Waals surface area contributed by atoms with Gasteiger partial charge in [0, 0.05) is 29.1 Å². The molecule has 2 nitrogen and oxygen atoms in total. The molecule has 0 aliphatic heterocycles. The van der Waals surface area contributed by atoms with Gasteiger partial charge in [-0.05, 0) is 25.7 Å². The van der Waals surface area contributed by atoms with Gasteiger partial charge in [0.05, 0.1) is 5.69 Å². The molecule has 2 aliphatic rings. The summed E-state index contributed by atoms with van der Waals surface area (Å²) in [4.78, 5) is 6.16. The second kappa shape index (κ2) is 5.51. The number of fused-ring (bicyclic) bond motifs is 1. The summed E-state index contributed by atoms with van der Waals surface area (Å²) in [6, 6.07) is 0. The number of aromatic nitrogens is 2. The molecule has 2 fully saturated rings. The molecule has 0 saturated heterocycles. The summed E-state index contributed by atoms with van der Waals surface area (Å²) in [5, 5.41) is 2.36. The molecule has 2 aromatic rings.